The highest BCUT2D eigenvalue weighted by molar-refractivity contribution is 5.99. The summed E-state index contributed by atoms with van der Waals surface area (Å²) in [5.74, 6) is -2.42. The zero-order chi connectivity index (χ0) is 12.3. The molecule has 1 rings (SSSR count). The number of benzene rings is 1. The molecule has 0 aromatic heterocycles. The Labute approximate surface area is 89.6 Å². The van der Waals surface area contributed by atoms with Crippen molar-refractivity contribution >= 4 is 11.5 Å². The summed E-state index contributed by atoms with van der Waals surface area (Å²) in [6, 6.07) is 1.30. The van der Waals surface area contributed by atoms with Crippen LogP contribution in [0.2, 0.25) is 0 Å². The Kier molecular flexibility index (Phi) is 3.51. The fraction of sp³-hybridized carbons (Fsp3) is 0.222. The molecule has 0 amide bonds. The number of phenolic OH excluding ortho intramolecular Hbond substituents is 1. The number of phenols is 1. The maximum Gasteiger partial charge on any atom is 0.314 e. The van der Waals surface area contributed by atoms with Gasteiger partial charge in [-0.3, -0.25) is 14.9 Å². The lowest BCUT2D eigenvalue weighted by molar-refractivity contribution is -0.386. The van der Waals surface area contributed by atoms with Crippen LogP contribution in [-0.2, 0) is 0 Å². The second-order valence-electron chi connectivity index (χ2n) is 3.04. The molecule has 0 heterocycles. The van der Waals surface area contributed by atoms with Crippen molar-refractivity contribution in [2.24, 2.45) is 5.73 Å². The van der Waals surface area contributed by atoms with E-state index in [0.717, 1.165) is 6.07 Å². The molecule has 0 saturated carbocycles. The van der Waals surface area contributed by atoms with E-state index in [2.05, 4.69) is 0 Å². The zero-order valence-electron chi connectivity index (χ0n) is 8.14. The minimum atomic E-state index is -0.961. The van der Waals surface area contributed by atoms with Gasteiger partial charge in [-0.15, -0.1) is 0 Å². The molecule has 0 spiro atoms. The Morgan fingerprint density at radius 1 is 1.56 bits per heavy atom. The van der Waals surface area contributed by atoms with E-state index in [1.165, 1.54) is 0 Å². The van der Waals surface area contributed by atoms with E-state index in [0.29, 0.717) is 6.07 Å². The predicted octanol–water partition coefficient (Wildman–Crippen LogP) is 0.971. The van der Waals surface area contributed by atoms with Gasteiger partial charge in [0.05, 0.1) is 16.6 Å². The van der Waals surface area contributed by atoms with Crippen molar-refractivity contribution in [3.05, 3.63) is 33.6 Å². The molecule has 0 aliphatic rings. The third-order valence-corrected chi connectivity index (χ3v) is 1.92. The first-order valence-corrected chi connectivity index (χ1v) is 4.37. The largest absolute Gasteiger partial charge is 0.502 e. The van der Waals surface area contributed by atoms with Gasteiger partial charge < -0.3 is 10.8 Å². The summed E-state index contributed by atoms with van der Waals surface area (Å²) >= 11 is 0. The number of Topliss-reactive ketones (excluding diaryl/α,β-unsaturated/α-hetero) is 1. The number of hydrogen-bond donors (Lipinski definition) is 2. The van der Waals surface area contributed by atoms with Gasteiger partial charge in [-0.25, -0.2) is 4.39 Å². The molecule has 0 radical (unpaired) electrons. The van der Waals surface area contributed by atoms with E-state index in [-0.39, 0.29) is 13.0 Å². The molecule has 16 heavy (non-hydrogen) atoms. The van der Waals surface area contributed by atoms with E-state index in [4.69, 9.17) is 5.73 Å². The van der Waals surface area contributed by atoms with Crippen LogP contribution >= 0.6 is 0 Å². The van der Waals surface area contributed by atoms with Gasteiger partial charge in [0.25, 0.3) is 0 Å². The normalized spacial score (nSPS) is 10.1. The molecule has 0 fully saturated rings. The van der Waals surface area contributed by atoms with Gasteiger partial charge >= 0.3 is 5.69 Å². The van der Waals surface area contributed by atoms with Gasteiger partial charge in [-0.1, -0.05) is 0 Å². The molecule has 0 unspecified atom stereocenters. The molecule has 0 atom stereocenters. The average Bonchev–Trinajstić information content (AvgIpc) is 2.20. The van der Waals surface area contributed by atoms with Crippen molar-refractivity contribution in [3.63, 3.8) is 0 Å². The Balaban J connectivity index is 3.29. The van der Waals surface area contributed by atoms with Crippen LogP contribution in [-0.4, -0.2) is 22.4 Å². The molecule has 1 aromatic carbocycles. The first kappa shape index (κ1) is 12.1. The minimum Gasteiger partial charge on any atom is -0.502 e. The second kappa shape index (κ2) is 4.67. The van der Waals surface area contributed by atoms with Gasteiger partial charge in [0.15, 0.2) is 5.78 Å². The van der Waals surface area contributed by atoms with Crippen molar-refractivity contribution < 1.29 is 19.2 Å². The lowest BCUT2D eigenvalue weighted by Gasteiger charge is -2.03. The first-order chi connectivity index (χ1) is 7.47. The quantitative estimate of drug-likeness (QED) is 0.453. The number of nitro benzene ring substituents is 1. The summed E-state index contributed by atoms with van der Waals surface area (Å²) in [6.45, 7) is 0.0165. The minimum absolute atomic E-state index is 0.0165. The standard InChI is InChI=1S/C9H9FN2O4/c10-5-3-6(8(13)1-2-11)9(14)7(4-5)12(15)16/h3-4,14H,1-2,11H2. The van der Waals surface area contributed by atoms with Gasteiger partial charge in [0.2, 0.25) is 5.75 Å². The fourth-order valence-electron chi connectivity index (χ4n) is 1.20. The van der Waals surface area contributed by atoms with Crippen LogP contribution in [0.5, 0.6) is 5.75 Å². The molecule has 7 heteroatoms. The van der Waals surface area contributed by atoms with Crippen LogP contribution in [0.4, 0.5) is 10.1 Å². The zero-order valence-corrected chi connectivity index (χ0v) is 8.14. The molecule has 86 valence electrons. The number of aromatic hydroxyl groups is 1. The average molecular weight is 228 g/mol. The van der Waals surface area contributed by atoms with Crippen LogP contribution in [0.1, 0.15) is 16.8 Å². The van der Waals surface area contributed by atoms with Crippen LogP contribution in [0, 0.1) is 15.9 Å². The molecular weight excluding hydrogens is 219 g/mol. The number of halogens is 1. The lowest BCUT2D eigenvalue weighted by atomic mass is 10.1. The second-order valence-corrected chi connectivity index (χ2v) is 3.04. The maximum atomic E-state index is 13.0. The summed E-state index contributed by atoms with van der Waals surface area (Å²) in [4.78, 5) is 20.9. The first-order valence-electron chi connectivity index (χ1n) is 4.37. The number of rotatable bonds is 4. The Hall–Kier alpha value is -2.02. The van der Waals surface area contributed by atoms with Crippen LogP contribution in [0.3, 0.4) is 0 Å². The molecule has 1 aromatic rings. The van der Waals surface area contributed by atoms with Crippen molar-refractivity contribution in [3.8, 4) is 5.75 Å². The number of nitro groups is 1. The number of nitrogens with zero attached hydrogens (tertiary/aromatic N) is 1. The van der Waals surface area contributed by atoms with Gasteiger partial charge in [-0.2, -0.15) is 0 Å². The van der Waals surface area contributed by atoms with Gasteiger partial charge in [0.1, 0.15) is 5.82 Å². The monoisotopic (exact) mass is 228 g/mol. The van der Waals surface area contributed by atoms with E-state index in [1.54, 1.807) is 0 Å². The maximum absolute atomic E-state index is 13.0. The number of hydrogen-bond acceptors (Lipinski definition) is 5. The Morgan fingerprint density at radius 2 is 2.19 bits per heavy atom. The van der Waals surface area contributed by atoms with Gasteiger partial charge in [-0.05, 0) is 12.6 Å². The molecule has 0 bridgehead atoms. The highest BCUT2D eigenvalue weighted by atomic mass is 19.1. The van der Waals surface area contributed by atoms with Crippen molar-refractivity contribution in [1.82, 2.24) is 0 Å². The van der Waals surface area contributed by atoms with Crippen molar-refractivity contribution in [2.45, 2.75) is 6.42 Å². The number of carbonyl (C=O) groups excluding carboxylic acids is 1. The van der Waals surface area contributed by atoms with Crippen LogP contribution in [0.15, 0.2) is 12.1 Å². The van der Waals surface area contributed by atoms with Crippen molar-refractivity contribution in [2.75, 3.05) is 6.54 Å². The molecular formula is C9H9FN2O4. The Morgan fingerprint density at radius 3 is 2.69 bits per heavy atom. The topological polar surface area (TPSA) is 106 Å². The molecule has 0 aliphatic heterocycles. The number of nitrogens with two attached hydrogens (primary N) is 1. The third-order valence-electron chi connectivity index (χ3n) is 1.92. The SMILES string of the molecule is NCCC(=O)c1cc(F)cc([N+](=O)[O-])c1O. The van der Waals surface area contributed by atoms with Gasteiger partial charge in [0, 0.05) is 6.42 Å². The third kappa shape index (κ3) is 2.31. The lowest BCUT2D eigenvalue weighted by Crippen LogP contribution is -2.09. The van der Waals surface area contributed by atoms with E-state index in [1.807, 2.05) is 0 Å². The van der Waals surface area contributed by atoms with E-state index >= 15 is 0 Å². The number of carbonyl (C=O) groups is 1. The molecule has 0 saturated heterocycles. The summed E-state index contributed by atoms with van der Waals surface area (Å²) in [7, 11) is 0. The van der Waals surface area contributed by atoms with E-state index in [9.17, 15) is 24.4 Å². The Bertz CT molecular complexity index is 447. The fourth-order valence-corrected chi connectivity index (χ4v) is 1.20. The summed E-state index contributed by atoms with van der Waals surface area (Å²) in [6.07, 6.45) is -0.117. The summed E-state index contributed by atoms with van der Waals surface area (Å²) in [5, 5.41) is 19.9. The van der Waals surface area contributed by atoms with Crippen LogP contribution < -0.4 is 5.73 Å². The summed E-state index contributed by atoms with van der Waals surface area (Å²) in [5.41, 5.74) is 3.87. The highest BCUT2D eigenvalue weighted by Crippen LogP contribution is 2.31. The molecule has 6 nitrogen and oxygen atoms in total. The predicted molar refractivity (Wildman–Crippen MR) is 52.7 cm³/mol. The number of ketones is 1. The van der Waals surface area contributed by atoms with Crippen molar-refractivity contribution in [1.29, 1.82) is 0 Å². The smallest absolute Gasteiger partial charge is 0.314 e. The summed E-state index contributed by atoms with van der Waals surface area (Å²) < 4.78 is 13.0. The highest BCUT2D eigenvalue weighted by Gasteiger charge is 2.22. The molecule has 3 N–H and O–H groups in total. The molecule has 0 aliphatic carbocycles. The van der Waals surface area contributed by atoms with E-state index < -0.39 is 33.5 Å². The van der Waals surface area contributed by atoms with Crippen LogP contribution in [0.25, 0.3) is 0 Å².